The van der Waals surface area contributed by atoms with Crippen LogP contribution in [0.25, 0.3) is 0 Å². The van der Waals surface area contributed by atoms with Crippen molar-refractivity contribution in [2.24, 2.45) is 5.41 Å². The Labute approximate surface area is 79.0 Å². The molecule has 4 nitrogen and oxygen atoms in total. The molecular formula is C5H10F3IO4. The molecule has 0 aliphatic carbocycles. The minimum atomic E-state index is -5.49. The number of hydrogen-bond acceptors (Lipinski definition) is 4. The van der Waals surface area contributed by atoms with Crippen molar-refractivity contribution in [1.29, 1.82) is 0 Å². The van der Waals surface area contributed by atoms with Crippen molar-refractivity contribution < 1.29 is 46.6 Å². The second-order valence-corrected chi connectivity index (χ2v) is 6.04. The second kappa shape index (κ2) is 3.85. The summed E-state index contributed by atoms with van der Waals surface area (Å²) in [5.41, 5.74) is -2.25. The first kappa shape index (κ1) is 13.4. The molecule has 0 atom stereocenters. The Kier molecular flexibility index (Phi) is 3.95. The molecule has 82 valence electrons. The van der Waals surface area contributed by atoms with Crippen molar-refractivity contribution in [2.45, 2.75) is 20.0 Å². The van der Waals surface area contributed by atoms with E-state index in [1.165, 1.54) is 0 Å². The minimum absolute atomic E-state index is 0.805. The van der Waals surface area contributed by atoms with E-state index in [4.69, 9.17) is 6.87 Å². The Morgan fingerprint density at radius 2 is 1.69 bits per heavy atom. The van der Waals surface area contributed by atoms with Crippen LogP contribution in [0, 0.1) is 5.41 Å². The van der Waals surface area contributed by atoms with Gasteiger partial charge in [0, 0.05) is 0 Å². The monoisotopic (exact) mass is 318 g/mol. The average Bonchev–Trinajstić information content (AvgIpc) is 1.79. The van der Waals surface area contributed by atoms with Gasteiger partial charge in [0.1, 0.15) is 0 Å². The number of rotatable bonds is 3. The third kappa shape index (κ3) is 4.96. The first-order chi connectivity index (χ1) is 5.46. The van der Waals surface area contributed by atoms with Crippen LogP contribution in [-0.4, -0.2) is 19.7 Å². The number of halogens is 4. The van der Waals surface area contributed by atoms with E-state index in [0.29, 0.717) is 0 Å². The van der Waals surface area contributed by atoms with Gasteiger partial charge in [-0.1, -0.05) is 0 Å². The fraction of sp³-hybridized carbons (Fsp3) is 1.00. The van der Waals surface area contributed by atoms with Gasteiger partial charge in [-0.15, -0.1) is 0 Å². The SMILES string of the molecule is CC(C)(CO[I+]([O-])(O)O)C(F)(F)F. The van der Waals surface area contributed by atoms with Crippen molar-refractivity contribution in [1.82, 2.24) is 0 Å². The molecule has 0 bridgehead atoms. The molecule has 2 N–H and O–H groups in total. The third-order valence-electron chi connectivity index (χ3n) is 1.32. The van der Waals surface area contributed by atoms with Crippen LogP contribution >= 0.6 is 0 Å². The topological polar surface area (TPSA) is 72.8 Å². The average molecular weight is 318 g/mol. The van der Waals surface area contributed by atoms with Crippen molar-refractivity contribution >= 4 is 0 Å². The second-order valence-electron chi connectivity index (χ2n) is 3.05. The summed E-state index contributed by atoms with van der Waals surface area (Å²) in [7, 11) is 0. The summed E-state index contributed by atoms with van der Waals surface area (Å²) in [5, 5.41) is 0. The fourth-order valence-electron chi connectivity index (χ4n) is 0.289. The van der Waals surface area contributed by atoms with E-state index in [2.05, 4.69) is 3.07 Å². The Morgan fingerprint density at radius 3 is 1.92 bits per heavy atom. The first-order valence-corrected chi connectivity index (χ1v) is 6.80. The molecule has 0 radical (unpaired) electrons. The van der Waals surface area contributed by atoms with E-state index in [1.54, 1.807) is 0 Å². The molecule has 13 heavy (non-hydrogen) atoms. The summed E-state index contributed by atoms with van der Waals surface area (Å²) >= 11 is -5.49. The van der Waals surface area contributed by atoms with Crippen LogP contribution in [0.3, 0.4) is 0 Å². The molecule has 0 rings (SSSR count). The van der Waals surface area contributed by atoms with Crippen LogP contribution in [0.5, 0.6) is 0 Å². The molecule has 0 aliphatic rings. The van der Waals surface area contributed by atoms with E-state index in [-0.39, 0.29) is 0 Å². The molecule has 0 unspecified atom stereocenters. The molecule has 0 fully saturated rings. The van der Waals surface area contributed by atoms with Gasteiger partial charge in [0.25, 0.3) is 0 Å². The quantitative estimate of drug-likeness (QED) is 0.537. The third-order valence-corrected chi connectivity index (χ3v) is 2.45. The van der Waals surface area contributed by atoms with E-state index in [1.807, 2.05) is 0 Å². The van der Waals surface area contributed by atoms with Crippen LogP contribution in [0.4, 0.5) is 13.2 Å². The van der Waals surface area contributed by atoms with Crippen LogP contribution < -0.4 is 23.5 Å². The zero-order chi connectivity index (χ0) is 10.9. The van der Waals surface area contributed by atoms with Crippen LogP contribution in [-0.2, 0) is 3.07 Å². The van der Waals surface area contributed by atoms with Gasteiger partial charge >= 0.3 is 78.7 Å². The summed E-state index contributed by atoms with van der Waals surface area (Å²) in [6.07, 6.45) is -4.54. The molecule has 0 spiro atoms. The summed E-state index contributed by atoms with van der Waals surface area (Å²) in [4.78, 5) is 0. The van der Waals surface area contributed by atoms with Gasteiger partial charge in [-0.25, -0.2) is 0 Å². The molecular weight excluding hydrogens is 308 g/mol. The van der Waals surface area contributed by atoms with E-state index < -0.39 is 38.3 Å². The van der Waals surface area contributed by atoms with Gasteiger partial charge in [0.05, 0.1) is 0 Å². The Balaban J connectivity index is 4.21. The van der Waals surface area contributed by atoms with E-state index in [9.17, 15) is 16.6 Å². The Morgan fingerprint density at radius 1 is 1.31 bits per heavy atom. The van der Waals surface area contributed by atoms with Crippen molar-refractivity contribution in [2.75, 3.05) is 6.61 Å². The molecule has 0 aromatic rings. The summed E-state index contributed by atoms with van der Waals surface area (Å²) < 4.78 is 66.7. The molecule has 8 heteroatoms. The molecule has 0 saturated heterocycles. The summed E-state index contributed by atoms with van der Waals surface area (Å²) in [6.45, 7) is 0.573. The van der Waals surface area contributed by atoms with E-state index >= 15 is 0 Å². The zero-order valence-electron chi connectivity index (χ0n) is 6.93. The predicted octanol–water partition coefficient (Wildman–Crippen LogP) is -3.24. The molecule has 0 amide bonds. The van der Waals surface area contributed by atoms with Crippen molar-refractivity contribution in [3.8, 4) is 0 Å². The van der Waals surface area contributed by atoms with Crippen molar-refractivity contribution in [3.63, 3.8) is 0 Å². The molecule has 0 aromatic carbocycles. The van der Waals surface area contributed by atoms with Crippen LogP contribution in [0.1, 0.15) is 13.8 Å². The molecule has 0 aliphatic heterocycles. The standard InChI is InChI=1S/C5H10F3IO4/c1-4(2,5(6,7)8)3-13-9(10,11)12/h10-11H,3H2,1-2H3. The first-order valence-electron chi connectivity index (χ1n) is 3.11. The predicted molar refractivity (Wildman–Crippen MR) is 30.2 cm³/mol. The van der Waals surface area contributed by atoms with Gasteiger partial charge in [0.2, 0.25) is 0 Å². The normalized spacial score (nSPS) is 16.0. The number of hydrogen-bond donors (Lipinski definition) is 2. The van der Waals surface area contributed by atoms with Crippen LogP contribution in [0.15, 0.2) is 0 Å². The fourth-order valence-corrected chi connectivity index (χ4v) is 1.47. The molecule has 0 saturated carbocycles. The summed E-state index contributed by atoms with van der Waals surface area (Å²) in [6, 6.07) is 0. The van der Waals surface area contributed by atoms with Gasteiger partial charge in [-0.05, 0) is 0 Å². The van der Waals surface area contributed by atoms with Gasteiger partial charge < -0.3 is 0 Å². The van der Waals surface area contributed by atoms with Gasteiger partial charge in [-0.2, -0.15) is 0 Å². The molecule has 0 heterocycles. The van der Waals surface area contributed by atoms with Gasteiger partial charge in [0.15, 0.2) is 0 Å². The van der Waals surface area contributed by atoms with Crippen LogP contribution in [0.2, 0.25) is 0 Å². The maximum absolute atomic E-state index is 12.1. The Hall–Kier alpha value is 0.360. The van der Waals surface area contributed by atoms with Gasteiger partial charge in [-0.3, -0.25) is 0 Å². The zero-order valence-corrected chi connectivity index (χ0v) is 9.09. The maximum atomic E-state index is 12.1. The van der Waals surface area contributed by atoms with E-state index in [0.717, 1.165) is 13.8 Å². The summed E-state index contributed by atoms with van der Waals surface area (Å²) in [5.74, 6) is 0. The van der Waals surface area contributed by atoms with Crippen molar-refractivity contribution in [3.05, 3.63) is 0 Å². The number of alkyl halides is 3. The molecule has 0 aromatic heterocycles. The Bertz CT molecular complexity index is 174.